The first-order chi connectivity index (χ1) is 15.8. The van der Waals surface area contributed by atoms with Crippen molar-refractivity contribution in [2.75, 3.05) is 19.7 Å². The number of benzene rings is 2. The summed E-state index contributed by atoms with van der Waals surface area (Å²) in [6.45, 7) is 4.74. The molecule has 0 spiro atoms. The molecule has 1 saturated heterocycles. The summed E-state index contributed by atoms with van der Waals surface area (Å²) in [5, 5.41) is 3.89. The predicted octanol–water partition coefficient (Wildman–Crippen LogP) is 4.25. The number of furan rings is 1. The summed E-state index contributed by atoms with van der Waals surface area (Å²) >= 11 is 0. The molecule has 1 fully saturated rings. The number of halogens is 1. The van der Waals surface area contributed by atoms with E-state index in [0.29, 0.717) is 36.5 Å². The Hall–Kier alpha value is -2.91. The van der Waals surface area contributed by atoms with Crippen molar-refractivity contribution in [3.05, 3.63) is 60.1 Å². The number of sulfonamides is 1. The lowest BCUT2D eigenvalue weighted by molar-refractivity contribution is -0.126. The standard InChI is InChI=1S/C24H27FN2O5S/c1-3-31-21-6-4-5-18-15-22(32-23(18)21)16(2)26-24(28)17-11-13-27(14-12-17)33(29,30)20-9-7-19(25)8-10-20/h4-10,15-17H,3,11-14H2,1-2H3,(H,26,28). The summed E-state index contributed by atoms with van der Waals surface area (Å²) in [5.41, 5.74) is 0.648. The molecule has 2 heterocycles. The Labute approximate surface area is 192 Å². The van der Waals surface area contributed by atoms with Gasteiger partial charge in [-0.1, -0.05) is 12.1 Å². The second kappa shape index (κ2) is 9.52. The van der Waals surface area contributed by atoms with Gasteiger partial charge in [0.1, 0.15) is 11.6 Å². The van der Waals surface area contributed by atoms with Crippen LogP contribution in [0, 0.1) is 11.7 Å². The summed E-state index contributed by atoms with van der Waals surface area (Å²) < 4.78 is 51.6. The van der Waals surface area contributed by atoms with Crippen LogP contribution in [0.25, 0.3) is 11.0 Å². The van der Waals surface area contributed by atoms with Crippen molar-refractivity contribution in [2.24, 2.45) is 5.92 Å². The maximum absolute atomic E-state index is 13.1. The van der Waals surface area contributed by atoms with E-state index >= 15 is 0 Å². The molecule has 0 aliphatic carbocycles. The predicted molar refractivity (Wildman–Crippen MR) is 122 cm³/mol. The molecule has 1 unspecified atom stereocenters. The number of rotatable bonds is 7. The van der Waals surface area contributed by atoms with Gasteiger partial charge in [0.2, 0.25) is 15.9 Å². The number of piperidine rings is 1. The molecule has 2 aromatic carbocycles. The van der Waals surface area contributed by atoms with Crippen LogP contribution in [0.15, 0.2) is 57.8 Å². The molecule has 9 heteroatoms. The van der Waals surface area contributed by atoms with Crippen LogP contribution in [0.3, 0.4) is 0 Å². The number of carbonyl (C=O) groups excluding carboxylic acids is 1. The number of nitrogens with one attached hydrogen (secondary N) is 1. The van der Waals surface area contributed by atoms with Gasteiger partial charge in [0.15, 0.2) is 11.3 Å². The number of amides is 1. The molecular weight excluding hydrogens is 447 g/mol. The van der Waals surface area contributed by atoms with Gasteiger partial charge in [-0.15, -0.1) is 0 Å². The van der Waals surface area contributed by atoms with E-state index in [1.165, 1.54) is 16.4 Å². The molecule has 0 bridgehead atoms. The Kier molecular flexibility index (Phi) is 6.71. The topological polar surface area (TPSA) is 88.9 Å². The van der Waals surface area contributed by atoms with Gasteiger partial charge in [-0.25, -0.2) is 12.8 Å². The minimum Gasteiger partial charge on any atom is -0.490 e. The van der Waals surface area contributed by atoms with Crippen molar-refractivity contribution in [3.8, 4) is 5.75 Å². The van der Waals surface area contributed by atoms with Gasteiger partial charge in [-0.2, -0.15) is 4.31 Å². The second-order valence-corrected chi connectivity index (χ2v) is 10.1. The number of carbonyl (C=O) groups is 1. The SMILES string of the molecule is CCOc1cccc2cc(C(C)NC(=O)C3CCN(S(=O)(=O)c4ccc(F)cc4)CC3)oc12. The van der Waals surface area contributed by atoms with Crippen LogP contribution < -0.4 is 10.1 Å². The summed E-state index contributed by atoms with van der Waals surface area (Å²) in [6, 6.07) is 12.0. The van der Waals surface area contributed by atoms with Gasteiger partial charge < -0.3 is 14.5 Å². The fourth-order valence-electron chi connectivity index (χ4n) is 4.06. The van der Waals surface area contributed by atoms with Gasteiger partial charge in [0, 0.05) is 24.4 Å². The Morgan fingerprint density at radius 2 is 1.91 bits per heavy atom. The lowest BCUT2D eigenvalue weighted by Crippen LogP contribution is -2.43. The fourth-order valence-corrected chi connectivity index (χ4v) is 5.52. The quantitative estimate of drug-likeness (QED) is 0.553. The van der Waals surface area contributed by atoms with Gasteiger partial charge >= 0.3 is 0 Å². The maximum atomic E-state index is 13.1. The van der Waals surface area contributed by atoms with E-state index in [0.717, 1.165) is 17.5 Å². The third-order valence-corrected chi connectivity index (χ3v) is 7.80. The Morgan fingerprint density at radius 1 is 1.21 bits per heavy atom. The molecule has 0 saturated carbocycles. The van der Waals surface area contributed by atoms with Crippen LogP contribution in [-0.2, 0) is 14.8 Å². The highest BCUT2D eigenvalue weighted by Gasteiger charge is 2.32. The maximum Gasteiger partial charge on any atom is 0.243 e. The Bertz CT molecular complexity index is 1230. The molecule has 1 N–H and O–H groups in total. The lowest BCUT2D eigenvalue weighted by atomic mass is 9.97. The highest BCUT2D eigenvalue weighted by Crippen LogP contribution is 2.31. The Morgan fingerprint density at radius 3 is 2.58 bits per heavy atom. The summed E-state index contributed by atoms with van der Waals surface area (Å²) in [7, 11) is -3.71. The molecule has 1 amide bonds. The van der Waals surface area contributed by atoms with Crippen molar-refractivity contribution >= 4 is 26.9 Å². The monoisotopic (exact) mass is 474 g/mol. The average Bonchev–Trinajstić information content (AvgIpc) is 3.25. The smallest absolute Gasteiger partial charge is 0.243 e. The van der Waals surface area contributed by atoms with Crippen molar-refractivity contribution in [1.29, 1.82) is 0 Å². The number of ether oxygens (including phenoxy) is 1. The van der Waals surface area contributed by atoms with E-state index in [1.54, 1.807) is 0 Å². The minimum atomic E-state index is -3.71. The Balaban J connectivity index is 1.38. The molecule has 33 heavy (non-hydrogen) atoms. The van der Waals surface area contributed by atoms with Gasteiger partial charge in [0.05, 0.1) is 17.5 Å². The van der Waals surface area contributed by atoms with Crippen LogP contribution in [0.5, 0.6) is 5.75 Å². The van der Waals surface area contributed by atoms with Crippen LogP contribution >= 0.6 is 0 Å². The van der Waals surface area contributed by atoms with Gasteiger partial charge in [0.25, 0.3) is 0 Å². The first-order valence-electron chi connectivity index (χ1n) is 11.0. The van der Waals surface area contributed by atoms with Gasteiger partial charge in [-0.05, 0) is 63.1 Å². The van der Waals surface area contributed by atoms with E-state index in [-0.39, 0.29) is 35.9 Å². The van der Waals surface area contributed by atoms with Gasteiger partial charge in [-0.3, -0.25) is 4.79 Å². The van der Waals surface area contributed by atoms with Crippen molar-refractivity contribution in [3.63, 3.8) is 0 Å². The number of nitrogens with zero attached hydrogens (tertiary/aromatic N) is 1. The van der Waals surface area contributed by atoms with Crippen LogP contribution in [0.4, 0.5) is 4.39 Å². The zero-order valence-corrected chi connectivity index (χ0v) is 19.4. The molecule has 0 radical (unpaired) electrons. The third kappa shape index (κ3) is 4.89. The molecular formula is C24H27FN2O5S. The first kappa shape index (κ1) is 23.3. The second-order valence-electron chi connectivity index (χ2n) is 8.12. The molecule has 7 nitrogen and oxygen atoms in total. The third-order valence-electron chi connectivity index (χ3n) is 5.89. The van der Waals surface area contributed by atoms with E-state index in [2.05, 4.69) is 5.32 Å². The normalized spacial score (nSPS) is 16.6. The molecule has 1 atom stereocenters. The van der Waals surface area contributed by atoms with E-state index in [9.17, 15) is 17.6 Å². The first-order valence-corrected chi connectivity index (χ1v) is 12.4. The molecule has 1 aromatic heterocycles. The van der Waals surface area contributed by atoms with Crippen molar-refractivity contribution in [1.82, 2.24) is 9.62 Å². The van der Waals surface area contributed by atoms with Crippen LogP contribution in [-0.4, -0.2) is 38.3 Å². The number of hydrogen-bond acceptors (Lipinski definition) is 5. The summed E-state index contributed by atoms with van der Waals surface area (Å²) in [6.07, 6.45) is 0.821. The summed E-state index contributed by atoms with van der Waals surface area (Å²) in [5.74, 6) is 0.371. The number of para-hydroxylation sites is 1. The van der Waals surface area contributed by atoms with E-state index in [4.69, 9.17) is 9.15 Å². The number of hydrogen-bond donors (Lipinski definition) is 1. The molecule has 1 aliphatic rings. The molecule has 1 aliphatic heterocycles. The van der Waals surface area contributed by atoms with Crippen LogP contribution in [0.2, 0.25) is 0 Å². The highest BCUT2D eigenvalue weighted by molar-refractivity contribution is 7.89. The lowest BCUT2D eigenvalue weighted by Gasteiger charge is -2.31. The van der Waals surface area contributed by atoms with E-state index in [1.807, 2.05) is 38.1 Å². The molecule has 4 rings (SSSR count). The summed E-state index contributed by atoms with van der Waals surface area (Å²) in [4.78, 5) is 12.9. The average molecular weight is 475 g/mol. The fraction of sp³-hybridized carbons (Fsp3) is 0.375. The largest absolute Gasteiger partial charge is 0.490 e. The van der Waals surface area contributed by atoms with E-state index < -0.39 is 15.8 Å². The number of fused-ring (bicyclic) bond motifs is 1. The molecule has 3 aromatic rings. The van der Waals surface area contributed by atoms with Crippen molar-refractivity contribution < 1.29 is 26.8 Å². The van der Waals surface area contributed by atoms with Crippen LogP contribution in [0.1, 0.15) is 38.5 Å². The minimum absolute atomic E-state index is 0.0525. The highest BCUT2D eigenvalue weighted by atomic mass is 32.2. The zero-order chi connectivity index (χ0) is 23.6. The van der Waals surface area contributed by atoms with Crippen molar-refractivity contribution in [2.45, 2.75) is 37.6 Å². The molecule has 176 valence electrons. The zero-order valence-electron chi connectivity index (χ0n) is 18.6.